The average Bonchev–Trinajstić information content (AvgIpc) is 3.49. The standard InChI is InChI=1S/C28H19N3O3S/c32-25-24(35-27(33)31(25)18-7-2-1-3-8-18)16-20-15-22-26(34-20)30(19-9-6-14-29-17-19)23-11-5-4-10-21(23)28(22)12-13-28/h1-11,14-17H,12-13H2/b24-16+. The van der Waals surface area contributed by atoms with E-state index < -0.39 is 0 Å². The van der Waals surface area contributed by atoms with E-state index >= 15 is 0 Å². The van der Waals surface area contributed by atoms with Crippen LogP contribution in [0.1, 0.15) is 29.7 Å². The van der Waals surface area contributed by atoms with Crippen LogP contribution in [0.2, 0.25) is 0 Å². The average molecular weight is 478 g/mol. The van der Waals surface area contributed by atoms with Gasteiger partial charge in [0.15, 0.2) is 0 Å². The molecule has 0 N–H and O–H groups in total. The van der Waals surface area contributed by atoms with Crippen molar-refractivity contribution in [2.24, 2.45) is 0 Å². The van der Waals surface area contributed by atoms with Crippen LogP contribution in [0.4, 0.5) is 27.7 Å². The van der Waals surface area contributed by atoms with Gasteiger partial charge < -0.3 is 4.42 Å². The molecule has 0 unspecified atom stereocenters. The van der Waals surface area contributed by atoms with Gasteiger partial charge in [0, 0.05) is 23.3 Å². The van der Waals surface area contributed by atoms with E-state index in [9.17, 15) is 9.59 Å². The Hall–Kier alpha value is -4.10. The van der Waals surface area contributed by atoms with Crippen molar-refractivity contribution in [1.82, 2.24) is 4.98 Å². The van der Waals surface area contributed by atoms with E-state index in [4.69, 9.17) is 4.42 Å². The zero-order chi connectivity index (χ0) is 23.6. The van der Waals surface area contributed by atoms with E-state index in [0.717, 1.165) is 47.4 Å². The number of aromatic nitrogens is 1. The summed E-state index contributed by atoms with van der Waals surface area (Å²) in [7, 11) is 0. The van der Waals surface area contributed by atoms with E-state index in [0.29, 0.717) is 16.4 Å². The quantitative estimate of drug-likeness (QED) is 0.303. The highest BCUT2D eigenvalue weighted by Crippen LogP contribution is 2.63. The fraction of sp³-hybridized carbons (Fsp3) is 0.107. The van der Waals surface area contributed by atoms with Crippen molar-refractivity contribution in [3.05, 3.63) is 107 Å². The Bertz CT molecular complexity index is 1520. The number of hydrogen-bond acceptors (Lipinski definition) is 6. The Balaban J connectivity index is 1.33. The van der Waals surface area contributed by atoms with Crippen molar-refractivity contribution in [3.63, 3.8) is 0 Å². The van der Waals surface area contributed by atoms with Crippen molar-refractivity contribution in [2.75, 3.05) is 9.80 Å². The normalized spacial score (nSPS) is 18.8. The number of thioether (sulfide) groups is 1. The highest BCUT2D eigenvalue weighted by atomic mass is 32.2. The molecule has 1 saturated heterocycles. The first-order valence-corrected chi connectivity index (χ1v) is 12.2. The van der Waals surface area contributed by atoms with Crippen LogP contribution in [0.15, 0.2) is 94.5 Å². The van der Waals surface area contributed by atoms with Gasteiger partial charge >= 0.3 is 0 Å². The van der Waals surface area contributed by atoms with Crippen molar-refractivity contribution in [3.8, 4) is 0 Å². The first-order chi connectivity index (χ1) is 17.2. The highest BCUT2D eigenvalue weighted by Gasteiger charge is 2.54. The zero-order valence-corrected chi connectivity index (χ0v) is 19.4. The van der Waals surface area contributed by atoms with E-state index in [1.54, 1.807) is 24.4 Å². The molecule has 170 valence electrons. The molecule has 2 aromatic carbocycles. The number of imide groups is 1. The number of carbonyl (C=O) groups is 2. The number of amides is 2. The molecule has 6 nitrogen and oxygen atoms in total. The molecule has 0 atom stereocenters. The van der Waals surface area contributed by atoms with Crippen molar-refractivity contribution in [1.29, 1.82) is 0 Å². The van der Waals surface area contributed by atoms with Crippen LogP contribution in [0.5, 0.6) is 0 Å². The summed E-state index contributed by atoms with van der Waals surface area (Å²) in [5, 5.41) is -0.313. The number of hydrogen-bond donors (Lipinski definition) is 0. The molecule has 35 heavy (non-hydrogen) atoms. The lowest BCUT2D eigenvalue weighted by molar-refractivity contribution is -0.113. The second-order valence-corrected chi connectivity index (χ2v) is 9.86. The van der Waals surface area contributed by atoms with E-state index in [1.807, 2.05) is 48.7 Å². The van der Waals surface area contributed by atoms with Gasteiger partial charge in [-0.1, -0.05) is 36.4 Å². The van der Waals surface area contributed by atoms with Gasteiger partial charge in [-0.15, -0.1) is 0 Å². The maximum Gasteiger partial charge on any atom is 0.298 e. The van der Waals surface area contributed by atoms with Gasteiger partial charge in [0.05, 0.1) is 28.2 Å². The lowest BCUT2D eigenvalue weighted by Crippen LogP contribution is -2.27. The summed E-state index contributed by atoms with van der Waals surface area (Å²) >= 11 is 0.932. The van der Waals surface area contributed by atoms with Crippen LogP contribution in [0, 0.1) is 0 Å². The molecular weight excluding hydrogens is 458 g/mol. The molecule has 2 fully saturated rings. The predicted octanol–water partition coefficient (Wildman–Crippen LogP) is 6.78. The van der Waals surface area contributed by atoms with Crippen molar-refractivity contribution < 1.29 is 14.0 Å². The van der Waals surface area contributed by atoms with Crippen LogP contribution in [-0.2, 0) is 10.2 Å². The maximum atomic E-state index is 13.1. The minimum Gasteiger partial charge on any atom is -0.440 e. The van der Waals surface area contributed by atoms with Crippen LogP contribution < -0.4 is 9.80 Å². The van der Waals surface area contributed by atoms with Gasteiger partial charge in [-0.25, -0.2) is 4.90 Å². The Morgan fingerprint density at radius 3 is 2.43 bits per heavy atom. The minimum atomic E-state index is -0.339. The molecule has 2 aromatic heterocycles. The fourth-order valence-corrected chi connectivity index (χ4v) is 5.93. The third-order valence-corrected chi connectivity index (χ3v) is 7.72. The number of rotatable bonds is 3. The summed E-state index contributed by atoms with van der Waals surface area (Å²) in [5.74, 6) is 0.957. The number of anilines is 4. The van der Waals surface area contributed by atoms with Gasteiger partial charge in [-0.2, -0.15) is 0 Å². The van der Waals surface area contributed by atoms with Gasteiger partial charge in [-0.05, 0) is 66.6 Å². The Kier molecular flexibility index (Phi) is 4.32. The molecule has 3 aliphatic rings. The molecule has 7 rings (SSSR count). The van der Waals surface area contributed by atoms with Gasteiger partial charge in [0.25, 0.3) is 11.1 Å². The molecule has 4 heterocycles. The molecule has 0 radical (unpaired) electrons. The molecule has 1 aliphatic carbocycles. The Morgan fingerprint density at radius 2 is 1.66 bits per heavy atom. The van der Waals surface area contributed by atoms with Gasteiger partial charge in [0.1, 0.15) is 5.76 Å². The zero-order valence-electron chi connectivity index (χ0n) is 18.5. The molecular formula is C28H19N3O3S. The third-order valence-electron chi connectivity index (χ3n) is 6.85. The monoisotopic (exact) mass is 477 g/mol. The lowest BCUT2D eigenvalue weighted by Gasteiger charge is -2.34. The summed E-state index contributed by atoms with van der Waals surface area (Å²) in [6.45, 7) is 0. The minimum absolute atomic E-state index is 0.0797. The highest BCUT2D eigenvalue weighted by molar-refractivity contribution is 8.19. The molecule has 1 saturated carbocycles. The molecule has 1 spiro atoms. The smallest absolute Gasteiger partial charge is 0.298 e. The molecule has 0 bridgehead atoms. The number of furan rings is 1. The molecule has 4 aromatic rings. The number of fused-ring (bicyclic) bond motifs is 4. The van der Waals surface area contributed by atoms with Crippen molar-refractivity contribution >= 4 is 51.9 Å². The van der Waals surface area contributed by atoms with E-state index in [-0.39, 0.29) is 16.6 Å². The van der Waals surface area contributed by atoms with Gasteiger partial charge in [-0.3, -0.25) is 19.5 Å². The van der Waals surface area contributed by atoms with E-state index in [2.05, 4.69) is 28.1 Å². The number of benzene rings is 2. The fourth-order valence-electron chi connectivity index (χ4n) is 5.11. The summed E-state index contributed by atoms with van der Waals surface area (Å²) in [6, 6.07) is 23.3. The SMILES string of the molecule is O=C1S/C(=C/c2cc3c(o2)N(c2cccnc2)c2ccccc2C32CC2)C(=O)N1c1ccccc1. The second-order valence-electron chi connectivity index (χ2n) is 8.87. The molecule has 2 amide bonds. The van der Waals surface area contributed by atoms with Crippen LogP contribution in [0.25, 0.3) is 6.08 Å². The lowest BCUT2D eigenvalue weighted by atomic mass is 9.84. The predicted molar refractivity (Wildman–Crippen MR) is 136 cm³/mol. The maximum absolute atomic E-state index is 13.1. The summed E-state index contributed by atoms with van der Waals surface area (Å²) < 4.78 is 6.42. The summed E-state index contributed by atoms with van der Waals surface area (Å²) in [5.41, 5.74) is 4.84. The van der Waals surface area contributed by atoms with Crippen LogP contribution in [0.3, 0.4) is 0 Å². The van der Waals surface area contributed by atoms with Gasteiger partial charge in [0.2, 0.25) is 5.88 Å². The second kappa shape index (κ2) is 7.45. The Labute approximate surface area is 205 Å². The topological polar surface area (TPSA) is 66.7 Å². The summed E-state index contributed by atoms with van der Waals surface area (Å²) in [4.78, 5) is 33.7. The van der Waals surface area contributed by atoms with E-state index in [1.165, 1.54) is 10.5 Å². The number of carbonyl (C=O) groups excluding carboxylic acids is 2. The molecule has 7 heteroatoms. The van der Waals surface area contributed by atoms with Crippen molar-refractivity contribution in [2.45, 2.75) is 18.3 Å². The van der Waals surface area contributed by atoms with Crippen LogP contribution in [-0.4, -0.2) is 16.1 Å². The number of pyridine rings is 1. The first-order valence-electron chi connectivity index (χ1n) is 11.4. The summed E-state index contributed by atoms with van der Waals surface area (Å²) in [6.07, 6.45) is 7.34. The largest absolute Gasteiger partial charge is 0.440 e. The number of para-hydroxylation sites is 2. The third kappa shape index (κ3) is 3.01. The van der Waals surface area contributed by atoms with Crippen LogP contribution >= 0.6 is 11.8 Å². The Morgan fingerprint density at radius 1 is 0.886 bits per heavy atom. The first kappa shape index (κ1) is 20.3. The molecule has 2 aliphatic heterocycles. The number of nitrogens with zero attached hydrogens (tertiary/aromatic N) is 3.